The molecule has 1 aromatic carbocycles. The van der Waals surface area contributed by atoms with E-state index in [4.69, 9.17) is 0 Å². The average molecular weight is 346 g/mol. The van der Waals surface area contributed by atoms with Crippen LogP contribution in [0.2, 0.25) is 0 Å². The Labute approximate surface area is 141 Å². The molecule has 1 unspecified atom stereocenters. The van der Waals surface area contributed by atoms with Gasteiger partial charge in [-0.15, -0.1) is 0 Å². The lowest BCUT2D eigenvalue weighted by molar-refractivity contribution is -0.119. The number of amides is 3. The molecule has 3 rings (SSSR count). The smallest absolute Gasteiger partial charge is 0.286 e. The van der Waals surface area contributed by atoms with E-state index >= 15 is 0 Å². The van der Waals surface area contributed by atoms with Crippen LogP contribution in [-0.2, 0) is 22.4 Å². The summed E-state index contributed by atoms with van der Waals surface area (Å²) in [4.78, 5) is 34.6. The van der Waals surface area contributed by atoms with Gasteiger partial charge in [-0.25, -0.2) is 0 Å². The van der Waals surface area contributed by atoms with Crippen molar-refractivity contribution in [1.29, 1.82) is 0 Å². The Hall–Kier alpha value is -2.12. The molecule has 2 N–H and O–H groups in total. The van der Waals surface area contributed by atoms with Gasteiger partial charge in [-0.3, -0.25) is 19.7 Å². The molecule has 0 bridgehead atoms. The lowest BCUT2D eigenvalue weighted by Crippen LogP contribution is -2.25. The van der Waals surface area contributed by atoms with Crippen molar-refractivity contribution in [3.63, 3.8) is 0 Å². The number of carbonyl (C=O) groups is 3. The largest absolute Gasteiger partial charge is 0.326 e. The molecule has 2 aromatic rings. The van der Waals surface area contributed by atoms with Crippen LogP contribution in [-0.4, -0.2) is 22.3 Å². The molecule has 1 saturated heterocycles. The van der Waals surface area contributed by atoms with Gasteiger partial charge in [0.2, 0.25) is 11.8 Å². The summed E-state index contributed by atoms with van der Waals surface area (Å²) in [6.07, 6.45) is 0.845. The van der Waals surface area contributed by atoms with E-state index in [1.54, 1.807) is 23.5 Å². The summed E-state index contributed by atoms with van der Waals surface area (Å²) in [6.45, 7) is 0. The normalized spacial score (nSPS) is 17.1. The van der Waals surface area contributed by atoms with Gasteiger partial charge in [0, 0.05) is 5.69 Å². The first-order valence-corrected chi connectivity index (χ1v) is 8.84. The number of benzene rings is 1. The van der Waals surface area contributed by atoms with E-state index in [0.717, 1.165) is 22.9 Å². The Kier molecular flexibility index (Phi) is 4.78. The molecule has 1 fully saturated rings. The van der Waals surface area contributed by atoms with Crippen molar-refractivity contribution < 1.29 is 14.4 Å². The molecule has 3 amide bonds. The second kappa shape index (κ2) is 6.97. The van der Waals surface area contributed by atoms with Gasteiger partial charge in [0.15, 0.2) is 0 Å². The predicted octanol–water partition coefficient (Wildman–Crippen LogP) is 2.82. The van der Waals surface area contributed by atoms with Gasteiger partial charge in [0.25, 0.3) is 5.24 Å². The van der Waals surface area contributed by atoms with E-state index in [1.165, 1.54) is 0 Å². The number of rotatable bonds is 5. The molecule has 0 radical (unpaired) electrons. The van der Waals surface area contributed by atoms with Crippen molar-refractivity contribution in [2.75, 3.05) is 5.32 Å². The summed E-state index contributed by atoms with van der Waals surface area (Å²) in [5.74, 6) is -0.305. The molecule has 1 aliphatic heterocycles. The molecule has 0 aliphatic carbocycles. The van der Waals surface area contributed by atoms with Crippen LogP contribution in [0, 0.1) is 0 Å². The number of thiophene rings is 1. The van der Waals surface area contributed by atoms with E-state index in [2.05, 4.69) is 10.6 Å². The molecule has 7 heteroatoms. The molecule has 1 aromatic heterocycles. The number of nitrogens with one attached hydrogen (secondary N) is 2. The van der Waals surface area contributed by atoms with Crippen LogP contribution in [0.5, 0.6) is 0 Å². The summed E-state index contributed by atoms with van der Waals surface area (Å²) in [5, 5.41) is 8.35. The molecule has 0 saturated carbocycles. The summed E-state index contributed by atoms with van der Waals surface area (Å²) >= 11 is 2.58. The van der Waals surface area contributed by atoms with Crippen LogP contribution < -0.4 is 10.6 Å². The van der Waals surface area contributed by atoms with Gasteiger partial charge in [-0.2, -0.15) is 11.3 Å². The third-order valence-electron chi connectivity index (χ3n) is 3.37. The number of thioether (sulfide) groups is 1. The summed E-state index contributed by atoms with van der Waals surface area (Å²) in [6, 6.07) is 9.26. The van der Waals surface area contributed by atoms with Gasteiger partial charge in [-0.1, -0.05) is 23.9 Å². The van der Waals surface area contributed by atoms with Crippen LogP contribution in [0.4, 0.5) is 10.5 Å². The third kappa shape index (κ3) is 4.20. The monoisotopic (exact) mass is 346 g/mol. The van der Waals surface area contributed by atoms with Crippen LogP contribution in [0.15, 0.2) is 41.1 Å². The topological polar surface area (TPSA) is 75.3 Å². The maximum atomic E-state index is 11.9. The van der Waals surface area contributed by atoms with Crippen molar-refractivity contribution >= 4 is 45.8 Å². The fraction of sp³-hybridized carbons (Fsp3) is 0.188. The quantitative estimate of drug-likeness (QED) is 0.873. The maximum absolute atomic E-state index is 11.9. The first-order chi connectivity index (χ1) is 11.1. The molecule has 118 valence electrons. The second-order valence-corrected chi connectivity index (χ2v) is 7.10. The summed E-state index contributed by atoms with van der Waals surface area (Å²) in [7, 11) is 0. The zero-order chi connectivity index (χ0) is 16.2. The Morgan fingerprint density at radius 3 is 2.52 bits per heavy atom. The van der Waals surface area contributed by atoms with E-state index in [1.807, 2.05) is 29.0 Å². The van der Waals surface area contributed by atoms with Gasteiger partial charge >= 0.3 is 0 Å². The number of imide groups is 1. The van der Waals surface area contributed by atoms with Gasteiger partial charge < -0.3 is 5.32 Å². The average Bonchev–Trinajstić information content (AvgIpc) is 3.11. The van der Waals surface area contributed by atoms with Crippen LogP contribution in [0.25, 0.3) is 0 Å². The minimum atomic E-state index is -0.374. The Bertz CT molecular complexity index is 726. The van der Waals surface area contributed by atoms with Gasteiger partial charge in [0.05, 0.1) is 11.7 Å². The number of hydrogen-bond donors (Lipinski definition) is 2. The highest BCUT2D eigenvalue weighted by molar-refractivity contribution is 8.15. The third-order valence-corrected chi connectivity index (χ3v) is 5.08. The Morgan fingerprint density at radius 1 is 1.13 bits per heavy atom. The standard InChI is InChI=1S/C16H14N2O3S2/c19-14(8-11-5-6-22-9-11)17-12-3-1-10(2-4-12)7-13-15(20)18-16(21)23-13/h1-6,9,13H,7-8H2,(H,17,19)(H,18,20,21). The fourth-order valence-corrected chi connectivity index (χ4v) is 3.78. The number of hydrogen-bond acceptors (Lipinski definition) is 5. The fourth-order valence-electron chi connectivity index (χ4n) is 2.25. The van der Waals surface area contributed by atoms with Crippen molar-refractivity contribution in [2.45, 2.75) is 18.1 Å². The second-order valence-electron chi connectivity index (χ2n) is 5.14. The zero-order valence-corrected chi connectivity index (χ0v) is 13.7. The maximum Gasteiger partial charge on any atom is 0.286 e. The molecule has 1 atom stereocenters. The highest BCUT2D eigenvalue weighted by atomic mass is 32.2. The number of anilines is 1. The molecular weight excluding hydrogens is 332 g/mol. The summed E-state index contributed by atoms with van der Waals surface area (Å²) < 4.78 is 0. The first kappa shape index (κ1) is 15.8. The highest BCUT2D eigenvalue weighted by Gasteiger charge is 2.31. The molecule has 5 nitrogen and oxygen atoms in total. The van der Waals surface area contributed by atoms with Crippen molar-refractivity contribution in [2.24, 2.45) is 0 Å². The first-order valence-electron chi connectivity index (χ1n) is 7.01. The van der Waals surface area contributed by atoms with Crippen molar-refractivity contribution in [3.8, 4) is 0 Å². The molecular formula is C16H14N2O3S2. The van der Waals surface area contributed by atoms with E-state index in [-0.39, 0.29) is 22.3 Å². The Balaban J connectivity index is 1.55. The SMILES string of the molecule is O=C(Cc1ccsc1)Nc1ccc(CC2SC(=O)NC2=O)cc1. The molecule has 23 heavy (non-hydrogen) atoms. The molecule has 2 heterocycles. The van der Waals surface area contributed by atoms with Crippen molar-refractivity contribution in [3.05, 3.63) is 52.2 Å². The van der Waals surface area contributed by atoms with Gasteiger partial charge in [-0.05, 0) is 46.5 Å². The van der Waals surface area contributed by atoms with E-state index in [9.17, 15) is 14.4 Å². The summed E-state index contributed by atoms with van der Waals surface area (Å²) in [5.41, 5.74) is 2.66. The number of carbonyl (C=O) groups excluding carboxylic acids is 3. The molecule has 1 aliphatic rings. The minimum absolute atomic E-state index is 0.0625. The van der Waals surface area contributed by atoms with Gasteiger partial charge in [0.1, 0.15) is 0 Å². The van der Waals surface area contributed by atoms with Crippen LogP contribution >= 0.6 is 23.1 Å². The Morgan fingerprint density at radius 2 is 1.91 bits per heavy atom. The van der Waals surface area contributed by atoms with E-state index in [0.29, 0.717) is 18.5 Å². The lowest BCUT2D eigenvalue weighted by Gasteiger charge is -2.08. The van der Waals surface area contributed by atoms with Crippen LogP contribution in [0.1, 0.15) is 11.1 Å². The lowest BCUT2D eigenvalue weighted by atomic mass is 10.1. The predicted molar refractivity (Wildman–Crippen MR) is 91.7 cm³/mol. The molecule has 0 spiro atoms. The van der Waals surface area contributed by atoms with E-state index < -0.39 is 0 Å². The van der Waals surface area contributed by atoms with Crippen LogP contribution in [0.3, 0.4) is 0 Å². The van der Waals surface area contributed by atoms with Crippen molar-refractivity contribution in [1.82, 2.24) is 5.32 Å². The minimum Gasteiger partial charge on any atom is -0.326 e. The highest BCUT2D eigenvalue weighted by Crippen LogP contribution is 2.23. The zero-order valence-electron chi connectivity index (χ0n) is 12.1.